The second-order valence-corrected chi connectivity index (χ2v) is 6.08. The topological polar surface area (TPSA) is 65.7 Å². The number of aryl methyl sites for hydroxylation is 1. The molecule has 0 aliphatic carbocycles. The van der Waals surface area contributed by atoms with Crippen molar-refractivity contribution in [2.45, 2.75) is 19.6 Å². The molecular weight excluding hydrogens is 326 g/mol. The molecular formula is C17H24ClN5O. The van der Waals surface area contributed by atoms with Crippen molar-refractivity contribution in [2.75, 3.05) is 20.1 Å². The summed E-state index contributed by atoms with van der Waals surface area (Å²) in [5.41, 5.74) is 1.90. The molecule has 0 bridgehead atoms. The second kappa shape index (κ2) is 8.70. The second-order valence-electron chi connectivity index (χ2n) is 5.64. The van der Waals surface area contributed by atoms with E-state index in [9.17, 15) is 5.11 Å². The van der Waals surface area contributed by atoms with E-state index in [2.05, 4.69) is 15.4 Å². The summed E-state index contributed by atoms with van der Waals surface area (Å²) in [6.45, 7) is 3.74. The maximum absolute atomic E-state index is 10.3. The van der Waals surface area contributed by atoms with Crippen molar-refractivity contribution in [3.63, 3.8) is 0 Å². The fraction of sp³-hybridized carbons (Fsp3) is 0.412. The maximum atomic E-state index is 10.3. The molecule has 1 atom stereocenters. The molecule has 6 nitrogen and oxygen atoms in total. The minimum atomic E-state index is -0.664. The van der Waals surface area contributed by atoms with Crippen LogP contribution in [0.2, 0.25) is 5.02 Å². The predicted molar refractivity (Wildman–Crippen MR) is 97.1 cm³/mol. The van der Waals surface area contributed by atoms with Crippen LogP contribution >= 0.6 is 11.6 Å². The highest BCUT2D eigenvalue weighted by Gasteiger charge is 2.11. The average Bonchev–Trinajstić information content (AvgIpc) is 2.96. The molecule has 24 heavy (non-hydrogen) atoms. The minimum absolute atomic E-state index is 0.279. The number of hydrogen-bond acceptors (Lipinski definition) is 3. The molecule has 0 amide bonds. The Labute approximate surface area is 147 Å². The van der Waals surface area contributed by atoms with Gasteiger partial charge in [0.25, 0.3) is 0 Å². The first-order valence-electron chi connectivity index (χ1n) is 7.90. The van der Waals surface area contributed by atoms with Gasteiger partial charge >= 0.3 is 0 Å². The molecule has 0 saturated carbocycles. The van der Waals surface area contributed by atoms with E-state index in [1.54, 1.807) is 16.8 Å². The summed E-state index contributed by atoms with van der Waals surface area (Å²) in [4.78, 5) is 6.55. The highest BCUT2D eigenvalue weighted by atomic mass is 35.5. The highest BCUT2D eigenvalue weighted by Crippen LogP contribution is 2.16. The Kier molecular flexibility index (Phi) is 6.63. The lowest BCUT2D eigenvalue weighted by Crippen LogP contribution is -2.38. The molecule has 2 N–H and O–H groups in total. The number of aromatic nitrogens is 2. The van der Waals surface area contributed by atoms with E-state index in [1.165, 1.54) is 0 Å². The van der Waals surface area contributed by atoms with Gasteiger partial charge in [-0.25, -0.2) is 0 Å². The zero-order chi connectivity index (χ0) is 17.5. The molecule has 0 spiro atoms. The van der Waals surface area contributed by atoms with Crippen LogP contribution in [-0.2, 0) is 13.6 Å². The number of halogens is 1. The van der Waals surface area contributed by atoms with Gasteiger partial charge in [0.2, 0.25) is 0 Å². The lowest BCUT2D eigenvalue weighted by molar-refractivity contribution is 0.186. The van der Waals surface area contributed by atoms with Crippen molar-refractivity contribution in [1.29, 1.82) is 0 Å². The number of benzene rings is 1. The minimum Gasteiger partial charge on any atom is -0.386 e. The van der Waals surface area contributed by atoms with E-state index in [0.717, 1.165) is 23.6 Å². The van der Waals surface area contributed by atoms with Gasteiger partial charge in [-0.15, -0.1) is 0 Å². The number of nitrogens with zero attached hydrogens (tertiary/aromatic N) is 4. The van der Waals surface area contributed by atoms with Crippen molar-refractivity contribution in [1.82, 2.24) is 20.0 Å². The van der Waals surface area contributed by atoms with E-state index in [1.807, 2.05) is 50.4 Å². The Morgan fingerprint density at radius 2 is 2.12 bits per heavy atom. The summed E-state index contributed by atoms with van der Waals surface area (Å²) in [6, 6.07) is 7.16. The molecule has 7 heteroatoms. The molecule has 1 unspecified atom stereocenters. The van der Waals surface area contributed by atoms with Crippen molar-refractivity contribution in [3.8, 4) is 0 Å². The predicted octanol–water partition coefficient (Wildman–Crippen LogP) is 2.20. The van der Waals surface area contributed by atoms with Crippen LogP contribution in [-0.4, -0.2) is 45.9 Å². The first-order valence-corrected chi connectivity index (χ1v) is 8.28. The number of aliphatic imine (C=N–C) groups is 1. The van der Waals surface area contributed by atoms with Crippen LogP contribution in [0.5, 0.6) is 0 Å². The van der Waals surface area contributed by atoms with Gasteiger partial charge in [-0.3, -0.25) is 9.67 Å². The molecule has 1 aromatic carbocycles. The van der Waals surface area contributed by atoms with E-state index in [0.29, 0.717) is 11.6 Å². The summed E-state index contributed by atoms with van der Waals surface area (Å²) in [5, 5.41) is 18.4. The van der Waals surface area contributed by atoms with Crippen LogP contribution in [0.25, 0.3) is 0 Å². The van der Waals surface area contributed by atoms with E-state index in [4.69, 9.17) is 11.6 Å². The van der Waals surface area contributed by atoms with Gasteiger partial charge in [-0.2, -0.15) is 5.10 Å². The first kappa shape index (κ1) is 18.3. The van der Waals surface area contributed by atoms with Crippen molar-refractivity contribution in [2.24, 2.45) is 12.0 Å². The Hall–Kier alpha value is -2.05. The van der Waals surface area contributed by atoms with Gasteiger partial charge in [0.1, 0.15) is 0 Å². The number of aliphatic hydroxyl groups is 1. The van der Waals surface area contributed by atoms with Crippen LogP contribution in [0.3, 0.4) is 0 Å². The van der Waals surface area contributed by atoms with Crippen LogP contribution in [0.4, 0.5) is 0 Å². The maximum Gasteiger partial charge on any atom is 0.194 e. The van der Waals surface area contributed by atoms with Gasteiger partial charge in [-0.05, 0) is 24.6 Å². The van der Waals surface area contributed by atoms with Gasteiger partial charge in [0.15, 0.2) is 5.96 Å². The SMILES string of the molecule is CCNC(=NCC(O)c1ccc(Cl)cc1)N(C)Cc1cnn(C)c1. The van der Waals surface area contributed by atoms with Crippen LogP contribution in [0, 0.1) is 0 Å². The highest BCUT2D eigenvalue weighted by molar-refractivity contribution is 6.30. The molecule has 0 fully saturated rings. The molecule has 0 aliphatic rings. The van der Waals surface area contributed by atoms with Crippen molar-refractivity contribution >= 4 is 17.6 Å². The number of nitrogens with one attached hydrogen (secondary N) is 1. The fourth-order valence-electron chi connectivity index (χ4n) is 2.34. The fourth-order valence-corrected chi connectivity index (χ4v) is 2.46. The van der Waals surface area contributed by atoms with E-state index >= 15 is 0 Å². The monoisotopic (exact) mass is 349 g/mol. The first-order chi connectivity index (χ1) is 11.5. The number of guanidine groups is 1. The number of hydrogen-bond donors (Lipinski definition) is 2. The van der Waals surface area contributed by atoms with Gasteiger partial charge in [-0.1, -0.05) is 23.7 Å². The Morgan fingerprint density at radius 3 is 2.71 bits per heavy atom. The average molecular weight is 350 g/mol. The molecule has 0 radical (unpaired) electrons. The molecule has 2 rings (SSSR count). The number of aliphatic hydroxyl groups excluding tert-OH is 1. The van der Waals surface area contributed by atoms with E-state index in [-0.39, 0.29) is 6.54 Å². The number of rotatable bonds is 6. The third kappa shape index (κ3) is 5.25. The summed E-state index contributed by atoms with van der Waals surface area (Å²) in [6.07, 6.45) is 3.15. The standard InChI is InChI=1S/C17H24ClN5O/c1-4-19-17(22(2)11-13-9-21-23(3)12-13)20-10-16(24)14-5-7-15(18)8-6-14/h5-9,12,16,24H,4,10-11H2,1-3H3,(H,19,20). The van der Waals surface area contributed by atoms with Gasteiger partial charge in [0, 0.05) is 44.0 Å². The Morgan fingerprint density at radius 1 is 1.42 bits per heavy atom. The summed E-state index contributed by atoms with van der Waals surface area (Å²) in [7, 11) is 3.86. The molecule has 0 saturated heterocycles. The lowest BCUT2D eigenvalue weighted by atomic mass is 10.1. The molecule has 1 heterocycles. The lowest BCUT2D eigenvalue weighted by Gasteiger charge is -2.22. The third-order valence-corrected chi connectivity index (χ3v) is 3.80. The summed E-state index contributed by atoms with van der Waals surface area (Å²) >= 11 is 5.87. The molecule has 130 valence electrons. The normalized spacial score (nSPS) is 13.0. The quantitative estimate of drug-likeness (QED) is 0.620. The molecule has 1 aromatic heterocycles. The zero-order valence-electron chi connectivity index (χ0n) is 14.3. The summed E-state index contributed by atoms with van der Waals surface area (Å²) < 4.78 is 1.78. The van der Waals surface area contributed by atoms with E-state index < -0.39 is 6.10 Å². The largest absolute Gasteiger partial charge is 0.386 e. The van der Waals surface area contributed by atoms with Crippen LogP contribution in [0.1, 0.15) is 24.2 Å². The van der Waals surface area contributed by atoms with Crippen LogP contribution in [0.15, 0.2) is 41.7 Å². The Balaban J connectivity index is 2.02. The van der Waals surface area contributed by atoms with Crippen LogP contribution < -0.4 is 5.32 Å². The molecule has 2 aromatic rings. The Bertz CT molecular complexity index is 668. The van der Waals surface area contributed by atoms with Gasteiger partial charge < -0.3 is 15.3 Å². The van der Waals surface area contributed by atoms with Crippen molar-refractivity contribution in [3.05, 3.63) is 52.8 Å². The summed E-state index contributed by atoms with van der Waals surface area (Å²) in [5.74, 6) is 0.745. The molecule has 0 aliphatic heterocycles. The van der Waals surface area contributed by atoms with Gasteiger partial charge in [0.05, 0.1) is 18.8 Å². The smallest absolute Gasteiger partial charge is 0.194 e. The van der Waals surface area contributed by atoms with Crippen molar-refractivity contribution < 1.29 is 5.11 Å². The zero-order valence-corrected chi connectivity index (χ0v) is 15.0. The third-order valence-electron chi connectivity index (χ3n) is 3.54.